The number of fused-ring (bicyclic) bond motifs is 7. The molecule has 0 radical (unpaired) electrons. The summed E-state index contributed by atoms with van der Waals surface area (Å²) in [4.78, 5) is 54.6. The molecule has 10 heteroatoms. The summed E-state index contributed by atoms with van der Waals surface area (Å²) in [5.41, 5.74) is -0.314. The average Bonchev–Trinajstić information content (AvgIpc) is 3.47. The Morgan fingerprint density at radius 1 is 1.12 bits per heavy atom. The predicted molar refractivity (Wildman–Crippen MR) is 114 cm³/mol. The molecule has 9 nitrogen and oxygen atoms in total. The van der Waals surface area contributed by atoms with Gasteiger partial charge in [0, 0.05) is 23.7 Å². The van der Waals surface area contributed by atoms with Crippen LogP contribution in [0.25, 0.3) is 0 Å². The first kappa shape index (κ1) is 19.4. The monoisotopic (exact) mass is 452 g/mol. The minimum Gasteiger partial charge on any atom is -0.323 e. The lowest BCUT2D eigenvalue weighted by Crippen LogP contribution is -2.54. The highest BCUT2D eigenvalue weighted by atomic mass is 35.5. The Labute approximate surface area is 187 Å². The van der Waals surface area contributed by atoms with Crippen LogP contribution in [0, 0.1) is 22.0 Å². The number of hydrogen-bond donors (Lipinski definition) is 1. The van der Waals surface area contributed by atoms with Crippen LogP contribution in [0.1, 0.15) is 18.4 Å². The third-order valence-corrected chi connectivity index (χ3v) is 7.59. The second-order valence-electron chi connectivity index (χ2n) is 8.58. The summed E-state index contributed by atoms with van der Waals surface area (Å²) in [7, 11) is 0. The van der Waals surface area contributed by atoms with Gasteiger partial charge in [0.2, 0.25) is 11.8 Å². The summed E-state index contributed by atoms with van der Waals surface area (Å²) in [6.07, 6.45) is 1.49. The third-order valence-electron chi connectivity index (χ3n) is 7.28. The summed E-state index contributed by atoms with van der Waals surface area (Å²) in [6, 6.07) is 10.4. The van der Waals surface area contributed by atoms with Gasteiger partial charge in [-0.3, -0.25) is 29.4 Å². The van der Waals surface area contributed by atoms with E-state index in [1.807, 2.05) is 4.90 Å². The Morgan fingerprint density at radius 2 is 1.91 bits per heavy atom. The van der Waals surface area contributed by atoms with Crippen molar-refractivity contribution in [3.05, 3.63) is 63.2 Å². The SMILES string of the molecule is O=C1[C@@H]2[C@H]3CCCN3[C@@]3(C(=O)Nc4c(Cl)cccc43)[C@@H]2C(=O)N1c1cccc([N+](=O)[O-])c1. The van der Waals surface area contributed by atoms with Gasteiger partial charge in [-0.05, 0) is 31.5 Å². The summed E-state index contributed by atoms with van der Waals surface area (Å²) >= 11 is 6.36. The predicted octanol–water partition coefficient (Wildman–Crippen LogP) is 2.68. The normalized spacial score (nSPS) is 30.6. The molecule has 4 heterocycles. The number of carbonyl (C=O) groups is 3. The first-order valence-corrected chi connectivity index (χ1v) is 10.7. The Balaban J connectivity index is 1.54. The Hall–Kier alpha value is -3.30. The summed E-state index contributed by atoms with van der Waals surface area (Å²) in [6.45, 7) is 0.592. The molecule has 2 aromatic rings. The number of benzene rings is 2. The third kappa shape index (κ3) is 2.14. The molecule has 4 aliphatic rings. The lowest BCUT2D eigenvalue weighted by Gasteiger charge is -2.36. The molecule has 3 amide bonds. The largest absolute Gasteiger partial charge is 0.323 e. The van der Waals surface area contributed by atoms with Gasteiger partial charge in [-0.15, -0.1) is 0 Å². The molecule has 0 aliphatic carbocycles. The minimum atomic E-state index is -1.33. The van der Waals surface area contributed by atoms with Crippen molar-refractivity contribution in [1.29, 1.82) is 0 Å². The molecule has 1 N–H and O–H groups in total. The second kappa shape index (κ2) is 6.36. The van der Waals surface area contributed by atoms with Gasteiger partial charge in [-0.25, -0.2) is 4.90 Å². The number of imide groups is 1. The lowest BCUT2D eigenvalue weighted by atomic mass is 9.75. The van der Waals surface area contributed by atoms with E-state index in [-0.39, 0.29) is 23.3 Å². The smallest absolute Gasteiger partial charge is 0.271 e. The van der Waals surface area contributed by atoms with Crippen LogP contribution in [0.3, 0.4) is 0 Å². The van der Waals surface area contributed by atoms with Gasteiger partial charge in [0.15, 0.2) is 0 Å². The van der Waals surface area contributed by atoms with Crippen LogP contribution in [-0.4, -0.2) is 40.1 Å². The van der Waals surface area contributed by atoms with E-state index in [0.717, 1.165) is 11.3 Å². The zero-order chi connectivity index (χ0) is 22.4. The number of carbonyl (C=O) groups excluding carboxylic acids is 3. The van der Waals surface area contributed by atoms with E-state index in [2.05, 4.69) is 5.32 Å². The van der Waals surface area contributed by atoms with Crippen molar-refractivity contribution in [3.63, 3.8) is 0 Å². The first-order valence-electron chi connectivity index (χ1n) is 10.4. The fourth-order valence-electron chi connectivity index (χ4n) is 6.19. The van der Waals surface area contributed by atoms with Crippen LogP contribution in [-0.2, 0) is 19.9 Å². The van der Waals surface area contributed by atoms with E-state index in [1.165, 1.54) is 24.3 Å². The van der Waals surface area contributed by atoms with Crippen LogP contribution in [0.5, 0.6) is 0 Å². The van der Waals surface area contributed by atoms with Crippen LogP contribution in [0.2, 0.25) is 5.02 Å². The fraction of sp³-hybridized carbons (Fsp3) is 0.318. The van der Waals surface area contributed by atoms with Crippen LogP contribution >= 0.6 is 11.6 Å². The molecule has 162 valence electrons. The Bertz CT molecular complexity index is 1250. The van der Waals surface area contributed by atoms with Crippen molar-refractivity contribution in [3.8, 4) is 0 Å². The molecule has 3 fully saturated rings. The number of nitrogens with one attached hydrogen (secondary N) is 1. The molecule has 6 rings (SSSR count). The van der Waals surface area contributed by atoms with E-state index < -0.39 is 34.1 Å². The van der Waals surface area contributed by atoms with Crippen molar-refractivity contribution in [2.24, 2.45) is 11.8 Å². The second-order valence-corrected chi connectivity index (χ2v) is 8.99. The van der Waals surface area contributed by atoms with Gasteiger partial charge in [0.25, 0.3) is 11.6 Å². The first-order chi connectivity index (χ1) is 15.4. The molecule has 4 aliphatic heterocycles. The van der Waals surface area contributed by atoms with Gasteiger partial charge in [0.1, 0.15) is 5.54 Å². The number of rotatable bonds is 2. The van der Waals surface area contributed by atoms with Crippen LogP contribution < -0.4 is 10.2 Å². The molecule has 1 spiro atoms. The highest BCUT2D eigenvalue weighted by Crippen LogP contribution is 2.61. The number of nitro benzene ring substituents is 1. The standard InChI is InChI=1S/C22H17ClN4O5/c23-14-7-2-6-13-18(14)24-21(30)22(13)17-16(15-8-3-9-25(15)22)19(28)26(20(17)29)11-4-1-5-12(10-11)27(31)32/h1-2,4-7,10,15-17H,3,8-9H2,(H,24,30)/t15-,16-,17+,22-/m1/s1. The van der Waals surface area contributed by atoms with Crippen LogP contribution in [0.4, 0.5) is 17.1 Å². The van der Waals surface area contributed by atoms with Crippen molar-refractivity contribution in [2.45, 2.75) is 24.4 Å². The molecule has 0 bridgehead atoms. The average molecular weight is 453 g/mol. The Morgan fingerprint density at radius 3 is 2.69 bits per heavy atom. The number of para-hydroxylation sites is 1. The van der Waals surface area contributed by atoms with Gasteiger partial charge >= 0.3 is 0 Å². The van der Waals surface area contributed by atoms with E-state index in [9.17, 15) is 24.5 Å². The summed E-state index contributed by atoms with van der Waals surface area (Å²) in [5.74, 6) is -2.93. The highest BCUT2D eigenvalue weighted by Gasteiger charge is 2.74. The Kier molecular flexibility index (Phi) is 3.86. The summed E-state index contributed by atoms with van der Waals surface area (Å²) < 4.78 is 0. The van der Waals surface area contributed by atoms with Gasteiger partial charge in [-0.1, -0.05) is 29.8 Å². The maximum atomic E-state index is 13.8. The van der Waals surface area contributed by atoms with Gasteiger partial charge < -0.3 is 5.32 Å². The zero-order valence-corrected chi connectivity index (χ0v) is 17.4. The molecule has 0 unspecified atom stereocenters. The molecular formula is C22H17ClN4O5. The molecule has 0 saturated carbocycles. The van der Waals surface area contributed by atoms with E-state index >= 15 is 0 Å². The number of halogens is 1. The minimum absolute atomic E-state index is 0.146. The number of nitro groups is 1. The molecule has 0 aromatic heterocycles. The van der Waals surface area contributed by atoms with E-state index in [1.54, 1.807) is 18.2 Å². The number of anilines is 2. The molecule has 2 aromatic carbocycles. The molecular weight excluding hydrogens is 436 g/mol. The van der Waals surface area contributed by atoms with Crippen LogP contribution in [0.15, 0.2) is 42.5 Å². The highest BCUT2D eigenvalue weighted by molar-refractivity contribution is 6.35. The maximum absolute atomic E-state index is 13.8. The fourth-order valence-corrected chi connectivity index (χ4v) is 6.42. The van der Waals surface area contributed by atoms with E-state index in [0.29, 0.717) is 29.2 Å². The maximum Gasteiger partial charge on any atom is 0.271 e. The van der Waals surface area contributed by atoms with Crippen molar-refractivity contribution < 1.29 is 19.3 Å². The van der Waals surface area contributed by atoms with Crippen molar-refractivity contribution >= 4 is 46.4 Å². The zero-order valence-electron chi connectivity index (χ0n) is 16.7. The number of amides is 3. The van der Waals surface area contributed by atoms with Crippen molar-refractivity contribution in [1.82, 2.24) is 4.90 Å². The quantitative estimate of drug-likeness (QED) is 0.426. The molecule has 32 heavy (non-hydrogen) atoms. The number of non-ortho nitro benzene ring substituents is 1. The van der Waals surface area contributed by atoms with Gasteiger partial charge in [0.05, 0.1) is 33.2 Å². The van der Waals surface area contributed by atoms with Gasteiger partial charge in [-0.2, -0.15) is 0 Å². The number of nitrogens with zero attached hydrogens (tertiary/aromatic N) is 3. The van der Waals surface area contributed by atoms with Crippen molar-refractivity contribution in [2.75, 3.05) is 16.8 Å². The lowest BCUT2D eigenvalue weighted by molar-refractivity contribution is -0.384. The molecule has 4 atom stereocenters. The summed E-state index contributed by atoms with van der Waals surface area (Å²) in [5, 5.41) is 14.5. The molecule has 3 saturated heterocycles. The number of hydrogen-bond acceptors (Lipinski definition) is 6. The van der Waals surface area contributed by atoms with E-state index in [4.69, 9.17) is 11.6 Å². The topological polar surface area (TPSA) is 113 Å².